The van der Waals surface area contributed by atoms with Crippen molar-refractivity contribution in [3.05, 3.63) is 0 Å². The van der Waals surface area contributed by atoms with Crippen LogP contribution in [0.15, 0.2) is 0 Å². The Morgan fingerprint density at radius 1 is 1.45 bits per heavy atom. The van der Waals surface area contributed by atoms with E-state index in [4.69, 9.17) is 0 Å². The van der Waals surface area contributed by atoms with Crippen molar-refractivity contribution in [3.63, 3.8) is 0 Å². The van der Waals surface area contributed by atoms with Gasteiger partial charge in [0.1, 0.15) is 0 Å². The van der Waals surface area contributed by atoms with Gasteiger partial charge in [-0.25, -0.2) is 0 Å². The predicted molar refractivity (Wildman–Crippen MR) is 49.4 cm³/mol. The minimum atomic E-state index is -2.81. The van der Waals surface area contributed by atoms with E-state index in [0.29, 0.717) is 0 Å². The molecule has 68 valence electrons. The molecule has 0 radical (unpaired) electrons. The molecule has 0 saturated heterocycles. The summed E-state index contributed by atoms with van der Waals surface area (Å²) in [6, 6.07) is 0. The Bertz CT molecular complexity index is 139. The Morgan fingerprint density at radius 3 is 2.27 bits per heavy atom. The van der Waals surface area contributed by atoms with Gasteiger partial charge in [-0.3, -0.25) is 4.57 Å². The van der Waals surface area contributed by atoms with E-state index in [0.717, 1.165) is 25.7 Å². The Morgan fingerprint density at radius 2 is 2.00 bits per heavy atom. The maximum atomic E-state index is 11.2. The highest BCUT2D eigenvalue weighted by atomic mass is 31.2. The summed E-state index contributed by atoms with van der Waals surface area (Å²) >= 11 is 0. The largest absolute Gasteiger partial charge is 0.344 e. The van der Waals surface area contributed by atoms with Crippen molar-refractivity contribution in [3.8, 4) is 0 Å². The van der Waals surface area contributed by atoms with Gasteiger partial charge >= 0.3 is 0 Å². The number of rotatable bonds is 5. The molecule has 2 nitrogen and oxygen atoms in total. The first kappa shape index (κ1) is 11.2. The van der Waals surface area contributed by atoms with E-state index in [2.05, 4.69) is 6.92 Å². The van der Waals surface area contributed by atoms with Crippen molar-refractivity contribution < 1.29 is 9.46 Å². The van der Waals surface area contributed by atoms with Gasteiger partial charge in [0.2, 0.25) is 7.37 Å². The third kappa shape index (κ3) is 4.60. The molecule has 0 heterocycles. The minimum Gasteiger partial charge on any atom is -0.344 e. The lowest BCUT2D eigenvalue weighted by atomic mass is 10.2. The second-order valence-corrected chi connectivity index (χ2v) is 5.76. The van der Waals surface area contributed by atoms with Gasteiger partial charge in [0.25, 0.3) is 0 Å². The Hall–Kier alpha value is 0.190. The molecule has 0 aliphatic heterocycles. The van der Waals surface area contributed by atoms with Gasteiger partial charge < -0.3 is 4.89 Å². The fourth-order valence-corrected chi connectivity index (χ4v) is 2.56. The van der Waals surface area contributed by atoms with Gasteiger partial charge in [0.05, 0.1) is 0 Å². The van der Waals surface area contributed by atoms with E-state index in [-0.39, 0.29) is 5.66 Å². The van der Waals surface area contributed by atoms with Crippen LogP contribution in [-0.4, -0.2) is 17.2 Å². The topological polar surface area (TPSA) is 37.3 Å². The molecule has 1 N–H and O–H groups in total. The van der Waals surface area contributed by atoms with Crippen LogP contribution in [0.1, 0.15) is 39.5 Å². The van der Waals surface area contributed by atoms with Gasteiger partial charge in [0.15, 0.2) is 0 Å². The SMILES string of the molecule is CCCCC(CC)P(C)(=O)O. The normalized spacial score (nSPS) is 19.3. The number of hydrogen-bond acceptors (Lipinski definition) is 1. The molecule has 0 aliphatic carbocycles. The molecule has 11 heavy (non-hydrogen) atoms. The molecule has 0 aromatic heterocycles. The molecule has 0 saturated carbocycles. The van der Waals surface area contributed by atoms with Gasteiger partial charge in [-0.2, -0.15) is 0 Å². The van der Waals surface area contributed by atoms with E-state index in [1.807, 2.05) is 6.92 Å². The molecule has 0 aliphatic rings. The van der Waals surface area contributed by atoms with Crippen LogP contribution in [0.5, 0.6) is 0 Å². The second-order valence-electron chi connectivity index (χ2n) is 3.15. The molecule has 3 heteroatoms. The first-order valence-corrected chi connectivity index (χ1v) is 6.49. The molecule has 0 spiro atoms. The molecular weight excluding hydrogens is 159 g/mol. The quantitative estimate of drug-likeness (QED) is 0.657. The third-order valence-electron chi connectivity index (χ3n) is 2.04. The number of unbranched alkanes of at least 4 members (excludes halogenated alkanes) is 1. The molecule has 2 unspecified atom stereocenters. The minimum absolute atomic E-state index is 0.0300. The fourth-order valence-electron chi connectivity index (χ4n) is 1.22. The Balaban J connectivity index is 3.86. The summed E-state index contributed by atoms with van der Waals surface area (Å²) in [5.74, 6) is 0. The van der Waals surface area contributed by atoms with E-state index in [9.17, 15) is 9.46 Å². The van der Waals surface area contributed by atoms with Gasteiger partial charge in [-0.15, -0.1) is 0 Å². The van der Waals surface area contributed by atoms with E-state index in [1.54, 1.807) is 0 Å². The lowest BCUT2D eigenvalue weighted by Crippen LogP contribution is -2.05. The number of hydrogen-bond donors (Lipinski definition) is 1. The van der Waals surface area contributed by atoms with Crippen molar-refractivity contribution in [1.82, 2.24) is 0 Å². The van der Waals surface area contributed by atoms with Crippen LogP contribution in [0, 0.1) is 0 Å². The standard InChI is InChI=1S/C8H19O2P/c1-4-6-7-8(5-2)11(3,9)10/h8H,4-7H2,1-3H3,(H,9,10). The first-order valence-electron chi connectivity index (χ1n) is 4.32. The molecule has 0 amide bonds. The lowest BCUT2D eigenvalue weighted by molar-refractivity contribution is 0.458. The first-order chi connectivity index (χ1) is 5.02. The zero-order valence-electron chi connectivity index (χ0n) is 7.71. The average molecular weight is 178 g/mol. The fraction of sp³-hybridized carbons (Fsp3) is 1.00. The Labute approximate surface area is 69.5 Å². The summed E-state index contributed by atoms with van der Waals surface area (Å²) in [5, 5.41) is 0. The van der Waals surface area contributed by atoms with Gasteiger partial charge in [-0.05, 0) is 12.8 Å². The van der Waals surface area contributed by atoms with Gasteiger partial charge in [-0.1, -0.05) is 26.7 Å². The smallest absolute Gasteiger partial charge is 0.200 e. The van der Waals surface area contributed by atoms with Gasteiger partial charge in [0, 0.05) is 12.3 Å². The van der Waals surface area contributed by atoms with Crippen molar-refractivity contribution in [1.29, 1.82) is 0 Å². The molecule has 2 atom stereocenters. The summed E-state index contributed by atoms with van der Waals surface area (Å²) < 4.78 is 11.2. The molecule has 0 aromatic carbocycles. The second kappa shape index (κ2) is 4.95. The monoisotopic (exact) mass is 178 g/mol. The summed E-state index contributed by atoms with van der Waals surface area (Å²) in [6.07, 6.45) is 3.90. The zero-order chi connectivity index (χ0) is 8.91. The lowest BCUT2D eigenvalue weighted by Gasteiger charge is -2.17. The average Bonchev–Trinajstić information content (AvgIpc) is 1.87. The molecule has 0 bridgehead atoms. The highest BCUT2D eigenvalue weighted by Crippen LogP contribution is 2.45. The van der Waals surface area contributed by atoms with Crippen LogP contribution in [0.4, 0.5) is 0 Å². The van der Waals surface area contributed by atoms with Crippen LogP contribution >= 0.6 is 7.37 Å². The van der Waals surface area contributed by atoms with Crippen molar-refractivity contribution in [2.75, 3.05) is 6.66 Å². The van der Waals surface area contributed by atoms with Crippen LogP contribution in [0.3, 0.4) is 0 Å². The van der Waals surface area contributed by atoms with Crippen LogP contribution in [0.2, 0.25) is 0 Å². The summed E-state index contributed by atoms with van der Waals surface area (Å²) in [6.45, 7) is 5.55. The van der Waals surface area contributed by atoms with Crippen molar-refractivity contribution in [2.24, 2.45) is 0 Å². The summed E-state index contributed by atoms with van der Waals surface area (Å²) in [4.78, 5) is 9.26. The molecule has 0 aromatic rings. The van der Waals surface area contributed by atoms with Crippen LogP contribution < -0.4 is 0 Å². The Kier molecular flexibility index (Phi) is 5.03. The van der Waals surface area contributed by atoms with E-state index >= 15 is 0 Å². The van der Waals surface area contributed by atoms with Crippen molar-refractivity contribution in [2.45, 2.75) is 45.2 Å². The third-order valence-corrected chi connectivity index (χ3v) is 4.02. The summed E-state index contributed by atoms with van der Waals surface area (Å²) in [7, 11) is -2.81. The highest BCUT2D eigenvalue weighted by molar-refractivity contribution is 7.57. The van der Waals surface area contributed by atoms with E-state index < -0.39 is 7.37 Å². The summed E-state index contributed by atoms with van der Waals surface area (Å²) in [5.41, 5.74) is 0.0300. The molecule has 0 rings (SSSR count). The predicted octanol–water partition coefficient (Wildman–Crippen LogP) is 2.86. The maximum absolute atomic E-state index is 11.2. The van der Waals surface area contributed by atoms with Crippen LogP contribution in [-0.2, 0) is 4.57 Å². The van der Waals surface area contributed by atoms with Crippen molar-refractivity contribution >= 4 is 7.37 Å². The zero-order valence-corrected chi connectivity index (χ0v) is 8.60. The van der Waals surface area contributed by atoms with Crippen LogP contribution in [0.25, 0.3) is 0 Å². The van der Waals surface area contributed by atoms with E-state index in [1.165, 1.54) is 6.66 Å². The maximum Gasteiger partial charge on any atom is 0.200 e. The molecule has 0 fully saturated rings. The molecular formula is C8H19O2P. The highest BCUT2D eigenvalue weighted by Gasteiger charge is 2.22.